The van der Waals surface area contributed by atoms with E-state index in [0.29, 0.717) is 66.1 Å². The van der Waals surface area contributed by atoms with Gasteiger partial charge >= 0.3 is 0 Å². The molecule has 1 amide bonds. The number of rotatable bonds is 34. The van der Waals surface area contributed by atoms with Crippen LogP contribution in [0.3, 0.4) is 0 Å². The number of carbonyl (C=O) groups excluding carboxylic acids is 1. The molecule has 0 radical (unpaired) electrons. The minimum absolute atomic E-state index is 0.0200. The number of benzene rings is 4. The molecule has 17 heteroatoms. The molecule has 2 N–H and O–H groups in total. The van der Waals surface area contributed by atoms with Crippen molar-refractivity contribution in [1.82, 2.24) is 5.32 Å². The van der Waals surface area contributed by atoms with Crippen molar-refractivity contribution in [1.29, 1.82) is 0 Å². The van der Waals surface area contributed by atoms with E-state index in [1.54, 1.807) is 0 Å². The summed E-state index contributed by atoms with van der Waals surface area (Å²) in [4.78, 5) is 13.0. The Morgan fingerprint density at radius 2 is 0.930 bits per heavy atom. The maximum atomic E-state index is 13.0. The highest BCUT2D eigenvalue weighted by Crippen LogP contribution is 2.34. The predicted octanol–water partition coefficient (Wildman–Crippen LogP) is 6.17. The van der Waals surface area contributed by atoms with Crippen molar-refractivity contribution in [3.8, 4) is 0 Å². The fraction of sp³-hybridized carbons (Fsp3) is 0.537. The molecule has 0 aliphatic carbocycles. The van der Waals surface area contributed by atoms with Crippen LogP contribution < -0.4 is 5.32 Å². The lowest BCUT2D eigenvalue weighted by molar-refractivity contribution is -0.355. The van der Waals surface area contributed by atoms with Gasteiger partial charge in [-0.25, -0.2) is 0 Å². The molecule has 0 spiro atoms. The molecule has 0 aromatic heterocycles. The van der Waals surface area contributed by atoms with E-state index in [1.807, 2.05) is 128 Å². The number of aliphatic hydroxyl groups excluding tert-OH is 1. The molecule has 0 unspecified atom stereocenters. The number of carbonyl (C=O) groups is 1. The number of ether oxygens (including phenoxy) is 13. The highest BCUT2D eigenvalue weighted by atomic mass is 79.9. The Balaban J connectivity index is 1.15. The smallest absolute Gasteiger partial charge is 0.217 e. The summed E-state index contributed by atoms with van der Waals surface area (Å²) in [5.41, 5.74) is 3.81. The fourth-order valence-electron chi connectivity index (χ4n) is 8.01. The van der Waals surface area contributed by atoms with Crippen LogP contribution >= 0.6 is 15.9 Å². The monoisotopic (exact) mass is 1050 g/mol. The largest absolute Gasteiger partial charge is 0.388 e. The molecule has 2 aliphatic heterocycles. The van der Waals surface area contributed by atoms with Crippen LogP contribution in [-0.2, 0) is 92.8 Å². The summed E-state index contributed by atoms with van der Waals surface area (Å²) in [5, 5.41) is 16.0. The number of amides is 1. The van der Waals surface area contributed by atoms with Gasteiger partial charge in [0.15, 0.2) is 12.6 Å². The lowest BCUT2D eigenvalue weighted by Crippen LogP contribution is -2.68. The summed E-state index contributed by atoms with van der Waals surface area (Å²) in [6, 6.07) is 38.2. The fourth-order valence-corrected chi connectivity index (χ4v) is 8.24. The summed E-state index contributed by atoms with van der Waals surface area (Å²) in [7, 11) is 0. The molecule has 390 valence electrons. The van der Waals surface area contributed by atoms with E-state index in [2.05, 4.69) is 21.2 Å². The van der Waals surface area contributed by atoms with Crippen LogP contribution in [0.1, 0.15) is 36.1 Å². The van der Waals surface area contributed by atoms with Crippen molar-refractivity contribution in [2.24, 2.45) is 0 Å². The van der Waals surface area contributed by atoms with Gasteiger partial charge in [0.1, 0.15) is 42.7 Å². The van der Waals surface area contributed by atoms with Crippen molar-refractivity contribution in [3.63, 3.8) is 0 Å². The average molecular weight is 1060 g/mol. The second-order valence-electron chi connectivity index (χ2n) is 17.0. The van der Waals surface area contributed by atoms with E-state index in [9.17, 15) is 9.90 Å². The molecular formula is C54H72BrNO15. The maximum absolute atomic E-state index is 13.0. The van der Waals surface area contributed by atoms with Crippen molar-refractivity contribution in [3.05, 3.63) is 144 Å². The molecule has 2 aliphatic rings. The zero-order valence-corrected chi connectivity index (χ0v) is 42.5. The summed E-state index contributed by atoms with van der Waals surface area (Å²) >= 11 is 3.32. The predicted molar refractivity (Wildman–Crippen MR) is 266 cm³/mol. The Morgan fingerprint density at radius 3 is 1.39 bits per heavy atom. The topological polar surface area (TPSA) is 169 Å². The van der Waals surface area contributed by atoms with Gasteiger partial charge in [0, 0.05) is 12.3 Å². The minimum atomic E-state index is -1.33. The summed E-state index contributed by atoms with van der Waals surface area (Å²) in [5.74, 6) is -0.389. The van der Waals surface area contributed by atoms with Gasteiger partial charge < -0.3 is 72.0 Å². The molecule has 10 atom stereocenters. The Kier molecular flexibility index (Phi) is 26.4. The van der Waals surface area contributed by atoms with Gasteiger partial charge in [0.2, 0.25) is 5.91 Å². The Labute approximate surface area is 426 Å². The first-order valence-corrected chi connectivity index (χ1v) is 25.6. The second kappa shape index (κ2) is 33.2. The first kappa shape index (κ1) is 56.6. The van der Waals surface area contributed by atoms with Crippen molar-refractivity contribution in [2.45, 2.75) is 102 Å². The quantitative estimate of drug-likeness (QED) is 0.0402. The number of halogens is 1. The summed E-state index contributed by atoms with van der Waals surface area (Å²) in [6.45, 7) is 8.71. The molecule has 0 bridgehead atoms. The lowest BCUT2D eigenvalue weighted by atomic mass is 9.95. The second-order valence-corrected chi connectivity index (χ2v) is 17.8. The van der Waals surface area contributed by atoms with Gasteiger partial charge in [-0.15, -0.1) is 0 Å². The molecule has 71 heavy (non-hydrogen) atoms. The van der Waals surface area contributed by atoms with E-state index in [4.69, 9.17) is 61.6 Å². The van der Waals surface area contributed by atoms with Crippen LogP contribution in [0.15, 0.2) is 121 Å². The number of hydrogen-bond acceptors (Lipinski definition) is 15. The highest BCUT2D eigenvalue weighted by molar-refractivity contribution is 9.09. The van der Waals surface area contributed by atoms with Crippen LogP contribution in [0, 0.1) is 0 Å². The molecule has 4 aromatic carbocycles. The molecule has 0 saturated carbocycles. The molecule has 2 saturated heterocycles. The average Bonchev–Trinajstić information content (AvgIpc) is 3.39. The third-order valence-corrected chi connectivity index (χ3v) is 11.9. The van der Waals surface area contributed by atoms with E-state index >= 15 is 0 Å². The Morgan fingerprint density at radius 1 is 0.507 bits per heavy atom. The van der Waals surface area contributed by atoms with E-state index in [1.165, 1.54) is 6.92 Å². The van der Waals surface area contributed by atoms with Crippen LogP contribution in [0.5, 0.6) is 0 Å². The highest BCUT2D eigenvalue weighted by Gasteiger charge is 2.53. The first-order valence-electron chi connectivity index (χ1n) is 24.5. The minimum Gasteiger partial charge on any atom is -0.388 e. The Bertz CT molecular complexity index is 1980. The zero-order chi connectivity index (χ0) is 49.7. The molecule has 2 heterocycles. The van der Waals surface area contributed by atoms with Crippen LogP contribution in [-0.4, -0.2) is 157 Å². The first-order chi connectivity index (χ1) is 34.9. The van der Waals surface area contributed by atoms with Gasteiger partial charge in [-0.1, -0.05) is 137 Å². The SMILES string of the molecule is CC(=O)N[C@H]1[C@H](OCCOCCOCCOCCOCCOCCBr)O[C@H](COCc2ccccc2)[C@@H](O)[C@@H]1O[C@@H]1O[C@@H](C)[C@@H](OCc2ccccc2)[C@@H](OCc2ccccc2)[C@@H]1OCc1ccccc1. The van der Waals surface area contributed by atoms with Crippen LogP contribution in [0.2, 0.25) is 0 Å². The third kappa shape index (κ3) is 20.2. The zero-order valence-electron chi connectivity index (χ0n) is 40.9. The summed E-state index contributed by atoms with van der Waals surface area (Å²) < 4.78 is 80.7. The van der Waals surface area contributed by atoms with Crippen LogP contribution in [0.25, 0.3) is 0 Å². The van der Waals surface area contributed by atoms with Gasteiger partial charge in [-0.05, 0) is 29.2 Å². The maximum Gasteiger partial charge on any atom is 0.217 e. The van der Waals surface area contributed by atoms with Crippen molar-refractivity contribution >= 4 is 21.8 Å². The standard InChI is InChI=1S/C54H72BrNO15/c1-40-49(66-36-43-17-9-4-10-18-43)51(67-37-44-19-11-5-12-20-44)52(68-38-45-21-13-6-14-22-45)54(69-40)71-50-47(56-41(2)57)53(70-46(48(50)58)39-64-35-42-15-7-3-8-16-42)65-34-33-63-32-31-62-30-29-61-28-27-60-26-25-59-24-23-55/h3-22,40,46-54,58H,23-39H2,1-2H3,(H,56,57)/t40-,46+,47+,48+,49+,50+,51+,52-,53+,54-/m0/s1. The summed E-state index contributed by atoms with van der Waals surface area (Å²) in [6.07, 6.45) is -8.48. The number of hydrogen-bond donors (Lipinski definition) is 2. The number of aliphatic hydroxyl groups is 1. The number of nitrogens with one attached hydrogen (secondary N) is 1. The van der Waals surface area contributed by atoms with Crippen molar-refractivity contribution < 1.29 is 71.5 Å². The molecule has 2 fully saturated rings. The number of alkyl halides is 1. The van der Waals surface area contributed by atoms with E-state index < -0.39 is 61.3 Å². The van der Waals surface area contributed by atoms with Gasteiger partial charge in [-0.2, -0.15) is 0 Å². The molecular weight excluding hydrogens is 982 g/mol. The van der Waals surface area contributed by atoms with Gasteiger partial charge in [0.25, 0.3) is 0 Å². The molecule has 16 nitrogen and oxygen atoms in total. The molecule has 6 rings (SSSR count). The lowest BCUT2D eigenvalue weighted by Gasteiger charge is -2.49. The van der Waals surface area contributed by atoms with Gasteiger partial charge in [-0.3, -0.25) is 4.79 Å². The molecule has 4 aromatic rings. The third-order valence-electron chi connectivity index (χ3n) is 11.5. The van der Waals surface area contributed by atoms with E-state index in [0.717, 1.165) is 27.6 Å². The van der Waals surface area contributed by atoms with Gasteiger partial charge in [0.05, 0.1) is 112 Å². The van der Waals surface area contributed by atoms with Crippen molar-refractivity contribution in [2.75, 3.05) is 84.6 Å². The normalized spacial score (nSPS) is 24.5. The van der Waals surface area contributed by atoms with Crippen LogP contribution in [0.4, 0.5) is 0 Å². The Hall–Kier alpha value is -3.73. The van der Waals surface area contributed by atoms with E-state index in [-0.39, 0.29) is 45.5 Å².